The molecular weight excluding hydrogens is 329 g/mol. The Morgan fingerprint density at radius 3 is 2.65 bits per heavy atom. The Labute approximate surface area is 120 Å². The Morgan fingerprint density at radius 1 is 1.41 bits per heavy atom. The zero-order valence-electron chi connectivity index (χ0n) is 10.7. The van der Waals surface area contributed by atoms with Crippen molar-refractivity contribution in [3.8, 4) is 0 Å². The third kappa shape index (κ3) is 6.50. The van der Waals surface area contributed by atoms with Gasteiger partial charge in [0.25, 0.3) is 0 Å². The highest BCUT2D eigenvalue weighted by atomic mass is 127. The van der Waals surface area contributed by atoms with Gasteiger partial charge in [-0.25, -0.2) is 0 Å². The smallest absolute Gasteiger partial charge is 0.191 e. The Kier molecular flexibility index (Phi) is 8.83. The van der Waals surface area contributed by atoms with Crippen LogP contribution >= 0.6 is 24.0 Å². The average molecular weight is 351 g/mol. The van der Waals surface area contributed by atoms with E-state index in [1.165, 1.54) is 5.56 Å². The monoisotopic (exact) mass is 351 g/mol. The molecule has 0 saturated heterocycles. The molecule has 0 unspecified atom stereocenters. The molecule has 0 fully saturated rings. The van der Waals surface area contributed by atoms with Crippen LogP contribution in [0, 0.1) is 6.92 Å². The average Bonchev–Trinajstić information content (AvgIpc) is 2.69. The summed E-state index contributed by atoms with van der Waals surface area (Å²) in [7, 11) is 1.78. The second-order valence-corrected chi connectivity index (χ2v) is 3.71. The van der Waals surface area contributed by atoms with E-state index in [1.54, 1.807) is 7.05 Å². The predicted molar refractivity (Wildman–Crippen MR) is 82.0 cm³/mol. The van der Waals surface area contributed by atoms with Gasteiger partial charge in [-0.3, -0.25) is 9.67 Å². The van der Waals surface area contributed by atoms with Crippen LogP contribution < -0.4 is 10.6 Å². The highest BCUT2D eigenvalue weighted by Gasteiger charge is 1.96. The SMILES string of the molecule is CCCNC(=NC)NCCn1cc(C)cn1.I. The summed E-state index contributed by atoms with van der Waals surface area (Å²) in [6.45, 7) is 6.79. The summed E-state index contributed by atoms with van der Waals surface area (Å²) in [5.41, 5.74) is 1.19. The fourth-order valence-corrected chi connectivity index (χ4v) is 1.34. The van der Waals surface area contributed by atoms with Crippen molar-refractivity contribution in [2.75, 3.05) is 20.1 Å². The maximum atomic E-state index is 4.22. The summed E-state index contributed by atoms with van der Waals surface area (Å²) >= 11 is 0. The second-order valence-electron chi connectivity index (χ2n) is 3.71. The first-order valence-corrected chi connectivity index (χ1v) is 5.70. The van der Waals surface area contributed by atoms with Crippen LogP contribution in [0.5, 0.6) is 0 Å². The van der Waals surface area contributed by atoms with E-state index in [4.69, 9.17) is 0 Å². The number of aliphatic imine (C=N–C) groups is 1. The molecule has 2 N–H and O–H groups in total. The third-order valence-electron chi connectivity index (χ3n) is 2.16. The Balaban J connectivity index is 0.00000256. The highest BCUT2D eigenvalue weighted by molar-refractivity contribution is 14.0. The van der Waals surface area contributed by atoms with Gasteiger partial charge in [0, 0.05) is 26.3 Å². The van der Waals surface area contributed by atoms with E-state index in [2.05, 4.69) is 27.6 Å². The lowest BCUT2D eigenvalue weighted by Gasteiger charge is -2.10. The summed E-state index contributed by atoms with van der Waals surface area (Å²) in [5, 5.41) is 10.7. The Bertz CT molecular complexity index is 334. The fourth-order valence-electron chi connectivity index (χ4n) is 1.34. The molecule has 0 aromatic carbocycles. The molecule has 0 aliphatic rings. The van der Waals surface area contributed by atoms with E-state index in [-0.39, 0.29) is 24.0 Å². The van der Waals surface area contributed by atoms with Gasteiger partial charge in [-0.2, -0.15) is 5.10 Å². The molecule has 5 nitrogen and oxygen atoms in total. The minimum absolute atomic E-state index is 0. The first kappa shape index (κ1) is 16.2. The third-order valence-corrected chi connectivity index (χ3v) is 2.16. The Hall–Kier alpha value is -0.790. The molecule has 1 rings (SSSR count). The highest BCUT2D eigenvalue weighted by Crippen LogP contribution is 1.92. The van der Waals surface area contributed by atoms with Crippen molar-refractivity contribution in [1.82, 2.24) is 20.4 Å². The molecule has 17 heavy (non-hydrogen) atoms. The molecule has 6 heteroatoms. The second kappa shape index (κ2) is 9.26. The number of rotatable bonds is 5. The van der Waals surface area contributed by atoms with Crippen LogP contribution in [-0.2, 0) is 6.54 Å². The van der Waals surface area contributed by atoms with Crippen molar-refractivity contribution in [3.05, 3.63) is 18.0 Å². The summed E-state index contributed by atoms with van der Waals surface area (Å²) in [4.78, 5) is 4.13. The van der Waals surface area contributed by atoms with E-state index < -0.39 is 0 Å². The number of hydrogen-bond acceptors (Lipinski definition) is 2. The standard InChI is InChI=1S/C11H21N5.HI/c1-4-5-13-11(12-3)14-6-7-16-9-10(2)8-15-16;/h8-9H,4-7H2,1-3H3,(H2,12,13,14);1H. The molecule has 0 atom stereocenters. The van der Waals surface area contributed by atoms with Crippen LogP contribution in [0.3, 0.4) is 0 Å². The predicted octanol–water partition coefficient (Wildman–Crippen LogP) is 1.38. The zero-order chi connectivity index (χ0) is 11.8. The summed E-state index contributed by atoms with van der Waals surface area (Å²) in [6, 6.07) is 0. The van der Waals surface area contributed by atoms with Crippen LogP contribution in [0.25, 0.3) is 0 Å². The van der Waals surface area contributed by atoms with Gasteiger partial charge in [-0.15, -0.1) is 24.0 Å². The van der Waals surface area contributed by atoms with Crippen molar-refractivity contribution < 1.29 is 0 Å². The number of aryl methyl sites for hydroxylation is 1. The minimum Gasteiger partial charge on any atom is -0.356 e. The van der Waals surface area contributed by atoms with Gasteiger partial charge in [0.05, 0.1) is 12.7 Å². The van der Waals surface area contributed by atoms with Crippen LogP contribution in [-0.4, -0.2) is 35.9 Å². The summed E-state index contributed by atoms with van der Waals surface area (Å²) in [6.07, 6.45) is 4.99. The van der Waals surface area contributed by atoms with Gasteiger partial charge < -0.3 is 10.6 Å². The normalized spacial score (nSPS) is 10.9. The molecular formula is C11H22IN5. The number of aromatic nitrogens is 2. The Morgan fingerprint density at radius 2 is 2.12 bits per heavy atom. The molecule has 0 bridgehead atoms. The molecule has 1 aromatic heterocycles. The summed E-state index contributed by atoms with van der Waals surface area (Å²) < 4.78 is 1.93. The van der Waals surface area contributed by atoms with Crippen LogP contribution in [0.2, 0.25) is 0 Å². The maximum Gasteiger partial charge on any atom is 0.191 e. The van der Waals surface area contributed by atoms with E-state index >= 15 is 0 Å². The van der Waals surface area contributed by atoms with Crippen LogP contribution in [0.1, 0.15) is 18.9 Å². The molecule has 0 radical (unpaired) electrons. The number of guanidine groups is 1. The van der Waals surface area contributed by atoms with E-state index in [9.17, 15) is 0 Å². The van der Waals surface area contributed by atoms with Crippen molar-refractivity contribution in [1.29, 1.82) is 0 Å². The molecule has 0 spiro atoms. The number of halogens is 1. The van der Waals surface area contributed by atoms with Gasteiger partial charge in [0.15, 0.2) is 5.96 Å². The fraction of sp³-hybridized carbons (Fsp3) is 0.636. The maximum absolute atomic E-state index is 4.22. The van der Waals surface area contributed by atoms with Crippen molar-refractivity contribution in [2.24, 2.45) is 4.99 Å². The largest absolute Gasteiger partial charge is 0.356 e. The quantitative estimate of drug-likeness (QED) is 0.479. The number of nitrogens with one attached hydrogen (secondary N) is 2. The van der Waals surface area contributed by atoms with Crippen molar-refractivity contribution in [3.63, 3.8) is 0 Å². The van der Waals surface area contributed by atoms with Gasteiger partial charge in [-0.1, -0.05) is 6.92 Å². The van der Waals surface area contributed by atoms with Crippen molar-refractivity contribution >= 4 is 29.9 Å². The van der Waals surface area contributed by atoms with Gasteiger partial charge in [0.2, 0.25) is 0 Å². The first-order valence-electron chi connectivity index (χ1n) is 5.70. The van der Waals surface area contributed by atoms with Crippen molar-refractivity contribution in [2.45, 2.75) is 26.8 Å². The molecule has 0 aliphatic heterocycles. The van der Waals surface area contributed by atoms with Crippen LogP contribution in [0.15, 0.2) is 17.4 Å². The molecule has 0 amide bonds. The van der Waals surface area contributed by atoms with E-state index in [1.807, 2.05) is 24.0 Å². The van der Waals surface area contributed by atoms with Gasteiger partial charge >= 0.3 is 0 Å². The number of hydrogen-bond donors (Lipinski definition) is 2. The summed E-state index contributed by atoms with van der Waals surface area (Å²) in [5.74, 6) is 0.853. The zero-order valence-corrected chi connectivity index (χ0v) is 13.1. The lowest BCUT2D eigenvalue weighted by molar-refractivity contribution is 0.597. The molecule has 1 aromatic rings. The molecule has 0 saturated carbocycles. The van der Waals surface area contributed by atoms with Crippen LogP contribution in [0.4, 0.5) is 0 Å². The number of nitrogens with zero attached hydrogens (tertiary/aromatic N) is 3. The minimum atomic E-state index is 0. The molecule has 0 aliphatic carbocycles. The lowest BCUT2D eigenvalue weighted by Crippen LogP contribution is -2.39. The van der Waals surface area contributed by atoms with E-state index in [0.29, 0.717) is 0 Å². The lowest BCUT2D eigenvalue weighted by atomic mass is 10.4. The molecule has 1 heterocycles. The van der Waals surface area contributed by atoms with E-state index in [0.717, 1.165) is 32.0 Å². The van der Waals surface area contributed by atoms with Gasteiger partial charge in [0.1, 0.15) is 0 Å². The van der Waals surface area contributed by atoms with Gasteiger partial charge in [-0.05, 0) is 18.9 Å². The molecule has 98 valence electrons. The topological polar surface area (TPSA) is 54.2 Å². The first-order chi connectivity index (χ1) is 7.76.